The fourth-order valence-corrected chi connectivity index (χ4v) is 2.70. The topological polar surface area (TPSA) is 29.5 Å². The van der Waals surface area contributed by atoms with Gasteiger partial charge in [0.25, 0.3) is 0 Å². The van der Waals surface area contributed by atoms with Gasteiger partial charge in [0.2, 0.25) is 0 Å². The minimum Gasteiger partial charge on any atom is -0.469 e. The molecule has 3 nitrogen and oxygen atoms in total. The molecule has 0 fully saturated rings. The number of hydrogen-bond donors (Lipinski definition) is 0. The van der Waals surface area contributed by atoms with E-state index in [4.69, 9.17) is 4.74 Å². The molecule has 112 valence electrons. The van der Waals surface area contributed by atoms with Gasteiger partial charge < -0.3 is 9.64 Å². The molecule has 0 spiro atoms. The first kappa shape index (κ1) is 17.1. The van der Waals surface area contributed by atoms with Crippen LogP contribution in [0.3, 0.4) is 0 Å². The number of thioether (sulfide) groups is 1. The molecule has 0 aliphatic heterocycles. The lowest BCUT2D eigenvalue weighted by Crippen LogP contribution is -2.36. The maximum Gasteiger partial charge on any atom is 0.314 e. The molecular formula is C16H25NO2S. The number of benzene rings is 1. The quantitative estimate of drug-likeness (QED) is 0.690. The summed E-state index contributed by atoms with van der Waals surface area (Å²) in [6.07, 6.45) is 3.24. The largest absolute Gasteiger partial charge is 0.469 e. The molecule has 0 amide bonds. The predicted octanol–water partition coefficient (Wildman–Crippen LogP) is 3.02. The second-order valence-corrected chi connectivity index (χ2v) is 6.04. The monoisotopic (exact) mass is 295 g/mol. The van der Waals surface area contributed by atoms with Crippen LogP contribution in [-0.2, 0) is 9.53 Å². The Morgan fingerprint density at radius 2 is 2.00 bits per heavy atom. The first-order chi connectivity index (χ1) is 9.60. The standard InChI is InChI=1S/C16H25NO2S/c1-13(10-11-20-4)17(2)12-15(16(18)19-3)14-8-6-5-7-9-14/h5-9,13,15H,10-12H2,1-4H3. The van der Waals surface area contributed by atoms with Crippen molar-refractivity contribution in [3.63, 3.8) is 0 Å². The third-order valence-corrected chi connectivity index (χ3v) is 4.29. The van der Waals surface area contributed by atoms with Crippen molar-refractivity contribution < 1.29 is 9.53 Å². The summed E-state index contributed by atoms with van der Waals surface area (Å²) in [4.78, 5) is 14.3. The maximum atomic E-state index is 12.0. The van der Waals surface area contributed by atoms with E-state index in [2.05, 4.69) is 25.1 Å². The van der Waals surface area contributed by atoms with Crippen molar-refractivity contribution in [2.75, 3.05) is 32.7 Å². The third kappa shape index (κ3) is 5.17. The highest BCUT2D eigenvalue weighted by Gasteiger charge is 2.24. The Morgan fingerprint density at radius 1 is 1.35 bits per heavy atom. The summed E-state index contributed by atoms with van der Waals surface area (Å²) in [5, 5.41) is 0. The molecule has 0 radical (unpaired) electrons. The van der Waals surface area contributed by atoms with Gasteiger partial charge >= 0.3 is 5.97 Å². The summed E-state index contributed by atoms with van der Waals surface area (Å²) in [5.41, 5.74) is 1.02. The van der Waals surface area contributed by atoms with Crippen LogP contribution in [0.15, 0.2) is 30.3 Å². The van der Waals surface area contributed by atoms with E-state index in [9.17, 15) is 4.79 Å². The van der Waals surface area contributed by atoms with Crippen LogP contribution < -0.4 is 0 Å². The minimum absolute atomic E-state index is 0.167. The van der Waals surface area contributed by atoms with Crippen molar-refractivity contribution in [3.05, 3.63) is 35.9 Å². The fraction of sp³-hybridized carbons (Fsp3) is 0.562. The molecule has 1 rings (SSSR count). The van der Waals surface area contributed by atoms with E-state index >= 15 is 0 Å². The zero-order chi connectivity index (χ0) is 15.0. The van der Waals surface area contributed by atoms with E-state index in [0.717, 1.165) is 17.7 Å². The summed E-state index contributed by atoms with van der Waals surface area (Å²) in [7, 11) is 3.53. The van der Waals surface area contributed by atoms with Gasteiger partial charge in [-0.25, -0.2) is 0 Å². The fourth-order valence-electron chi connectivity index (χ4n) is 2.12. The number of ether oxygens (including phenoxy) is 1. The van der Waals surface area contributed by atoms with Crippen LogP contribution >= 0.6 is 11.8 Å². The highest BCUT2D eigenvalue weighted by Crippen LogP contribution is 2.20. The number of methoxy groups -OCH3 is 1. The van der Waals surface area contributed by atoms with E-state index in [1.165, 1.54) is 7.11 Å². The molecular weight excluding hydrogens is 270 g/mol. The molecule has 2 unspecified atom stereocenters. The second kappa shape index (κ2) is 9.03. The van der Waals surface area contributed by atoms with Crippen molar-refractivity contribution in [1.29, 1.82) is 0 Å². The highest BCUT2D eigenvalue weighted by atomic mass is 32.2. The molecule has 0 aliphatic carbocycles. The number of carbonyl (C=O) groups excluding carboxylic acids is 1. The Labute approximate surface area is 126 Å². The molecule has 0 heterocycles. The summed E-state index contributed by atoms with van der Waals surface area (Å²) in [5.74, 6) is 0.753. The molecule has 0 saturated carbocycles. The van der Waals surface area contributed by atoms with Crippen LogP contribution in [0.2, 0.25) is 0 Å². The van der Waals surface area contributed by atoms with Crippen LogP contribution in [0.4, 0.5) is 0 Å². The maximum absolute atomic E-state index is 12.0. The lowest BCUT2D eigenvalue weighted by atomic mass is 9.98. The van der Waals surface area contributed by atoms with Crippen molar-refractivity contribution in [2.24, 2.45) is 0 Å². The van der Waals surface area contributed by atoms with Crippen molar-refractivity contribution >= 4 is 17.7 Å². The van der Waals surface area contributed by atoms with Gasteiger partial charge in [0, 0.05) is 12.6 Å². The summed E-state index contributed by atoms with van der Waals surface area (Å²) >= 11 is 1.86. The van der Waals surface area contributed by atoms with Crippen molar-refractivity contribution in [3.8, 4) is 0 Å². The molecule has 20 heavy (non-hydrogen) atoms. The normalized spacial score (nSPS) is 14.1. The Kier molecular flexibility index (Phi) is 7.70. The minimum atomic E-state index is -0.220. The van der Waals surface area contributed by atoms with Gasteiger partial charge in [-0.3, -0.25) is 4.79 Å². The van der Waals surface area contributed by atoms with Gasteiger partial charge in [-0.1, -0.05) is 30.3 Å². The number of likely N-dealkylation sites (N-methyl/N-ethyl adjacent to an activating group) is 1. The summed E-state index contributed by atoms with van der Waals surface area (Å²) in [6.45, 7) is 2.89. The number of esters is 1. The van der Waals surface area contributed by atoms with Crippen molar-refractivity contribution in [2.45, 2.75) is 25.3 Å². The number of hydrogen-bond acceptors (Lipinski definition) is 4. The SMILES string of the molecule is COC(=O)C(CN(C)C(C)CCSC)c1ccccc1. The summed E-state index contributed by atoms with van der Waals surface area (Å²) in [6, 6.07) is 10.3. The third-order valence-electron chi connectivity index (χ3n) is 3.65. The van der Waals surface area contributed by atoms with Gasteiger partial charge in [-0.15, -0.1) is 0 Å². The zero-order valence-electron chi connectivity index (χ0n) is 12.8. The molecule has 2 atom stereocenters. The van der Waals surface area contributed by atoms with Crippen LogP contribution in [0.25, 0.3) is 0 Å². The van der Waals surface area contributed by atoms with Gasteiger partial charge in [0.1, 0.15) is 0 Å². The van der Waals surface area contributed by atoms with E-state index in [-0.39, 0.29) is 11.9 Å². The smallest absolute Gasteiger partial charge is 0.314 e. The van der Waals surface area contributed by atoms with E-state index in [0.29, 0.717) is 12.6 Å². The highest BCUT2D eigenvalue weighted by molar-refractivity contribution is 7.98. The zero-order valence-corrected chi connectivity index (χ0v) is 13.7. The molecule has 0 bridgehead atoms. The van der Waals surface area contributed by atoms with Gasteiger partial charge in [0.15, 0.2) is 0 Å². The predicted molar refractivity (Wildman–Crippen MR) is 86.3 cm³/mol. The average molecular weight is 295 g/mol. The van der Waals surface area contributed by atoms with Crippen molar-refractivity contribution in [1.82, 2.24) is 4.90 Å². The molecule has 1 aromatic carbocycles. The molecule has 0 aliphatic rings. The van der Waals surface area contributed by atoms with Crippen LogP contribution in [0.5, 0.6) is 0 Å². The van der Waals surface area contributed by atoms with Crippen LogP contribution in [0, 0.1) is 0 Å². The van der Waals surface area contributed by atoms with Gasteiger partial charge in [-0.2, -0.15) is 11.8 Å². The molecule has 1 aromatic rings. The van der Waals surface area contributed by atoms with Gasteiger partial charge in [-0.05, 0) is 38.0 Å². The number of nitrogens with zero attached hydrogens (tertiary/aromatic N) is 1. The molecule has 0 aromatic heterocycles. The molecule has 4 heteroatoms. The van der Waals surface area contributed by atoms with E-state index in [1.54, 1.807) is 0 Å². The number of rotatable bonds is 8. The number of carbonyl (C=O) groups is 1. The van der Waals surface area contributed by atoms with Crippen LogP contribution in [-0.4, -0.2) is 49.6 Å². The second-order valence-electron chi connectivity index (χ2n) is 5.06. The van der Waals surface area contributed by atoms with Gasteiger partial charge in [0.05, 0.1) is 13.0 Å². The average Bonchev–Trinajstić information content (AvgIpc) is 2.49. The first-order valence-corrected chi connectivity index (χ1v) is 8.31. The van der Waals surface area contributed by atoms with E-state index < -0.39 is 0 Å². The Bertz CT molecular complexity index is 397. The Morgan fingerprint density at radius 3 is 2.55 bits per heavy atom. The van der Waals surface area contributed by atoms with Crippen LogP contribution in [0.1, 0.15) is 24.8 Å². The lowest BCUT2D eigenvalue weighted by Gasteiger charge is -2.28. The Balaban J connectivity index is 2.73. The van der Waals surface area contributed by atoms with E-state index in [1.807, 2.05) is 42.1 Å². The molecule has 0 saturated heterocycles. The molecule has 0 N–H and O–H groups in total. The lowest BCUT2D eigenvalue weighted by molar-refractivity contribution is -0.143. The Hall–Kier alpha value is -1.00. The first-order valence-electron chi connectivity index (χ1n) is 6.92. The summed E-state index contributed by atoms with van der Waals surface area (Å²) < 4.78 is 4.96.